The van der Waals surface area contributed by atoms with Crippen molar-refractivity contribution in [3.8, 4) is 0 Å². The molecule has 3 rings (SSSR count). The van der Waals surface area contributed by atoms with Crippen LogP contribution in [0.15, 0.2) is 42.5 Å². The summed E-state index contributed by atoms with van der Waals surface area (Å²) in [7, 11) is 0. The fourth-order valence-electron chi connectivity index (χ4n) is 2.89. The second kappa shape index (κ2) is 5.76. The topological polar surface area (TPSA) is 37.4 Å². The Kier molecular flexibility index (Phi) is 3.80. The molecule has 0 N–H and O–H groups in total. The maximum atomic E-state index is 12.6. The van der Waals surface area contributed by atoms with Crippen LogP contribution in [0.1, 0.15) is 33.5 Å². The summed E-state index contributed by atoms with van der Waals surface area (Å²) < 4.78 is 0. The maximum absolute atomic E-state index is 12.6. The fraction of sp³-hybridized carbons (Fsp3) is 0.263. The second-order valence-corrected chi connectivity index (χ2v) is 5.89. The van der Waals surface area contributed by atoms with Crippen molar-refractivity contribution in [2.24, 2.45) is 0 Å². The molecule has 0 bridgehead atoms. The number of benzene rings is 2. The second-order valence-electron chi connectivity index (χ2n) is 5.89. The van der Waals surface area contributed by atoms with Crippen molar-refractivity contribution in [2.45, 2.75) is 26.7 Å². The summed E-state index contributed by atoms with van der Waals surface area (Å²) in [6.07, 6.45) is 1.85. The standard InChI is InChI=1S/C19H19NO2/c1-13-5-8-15(9-6-13)18(21)19(22)20-11-3-4-16-12-14(2)7-10-17(16)20/h5-10,12H,3-4,11H2,1-2H3. The van der Waals surface area contributed by atoms with Crippen molar-refractivity contribution in [3.63, 3.8) is 0 Å². The van der Waals surface area contributed by atoms with Gasteiger partial charge in [-0.2, -0.15) is 0 Å². The van der Waals surface area contributed by atoms with E-state index in [1.807, 2.05) is 38.1 Å². The highest BCUT2D eigenvalue weighted by Gasteiger charge is 2.28. The minimum Gasteiger partial charge on any atom is -0.305 e. The van der Waals surface area contributed by atoms with Gasteiger partial charge < -0.3 is 4.90 Å². The number of amides is 1. The lowest BCUT2D eigenvalue weighted by molar-refractivity contribution is -0.114. The Morgan fingerprint density at radius 2 is 1.64 bits per heavy atom. The molecule has 0 unspecified atom stereocenters. The molecule has 1 aliphatic heterocycles. The molecule has 0 saturated carbocycles. The Hall–Kier alpha value is -2.42. The van der Waals surface area contributed by atoms with Crippen molar-refractivity contribution in [3.05, 3.63) is 64.7 Å². The summed E-state index contributed by atoms with van der Waals surface area (Å²) >= 11 is 0. The van der Waals surface area contributed by atoms with Gasteiger partial charge in [0.25, 0.3) is 11.7 Å². The van der Waals surface area contributed by atoms with Crippen LogP contribution in [-0.2, 0) is 11.2 Å². The third kappa shape index (κ3) is 2.67. The third-order valence-electron chi connectivity index (χ3n) is 4.11. The SMILES string of the molecule is Cc1ccc(C(=O)C(=O)N2CCCc3cc(C)ccc32)cc1. The van der Waals surface area contributed by atoms with Crippen molar-refractivity contribution in [1.29, 1.82) is 0 Å². The van der Waals surface area contributed by atoms with Gasteiger partial charge in [0.2, 0.25) is 0 Å². The van der Waals surface area contributed by atoms with Gasteiger partial charge in [-0.3, -0.25) is 9.59 Å². The highest BCUT2D eigenvalue weighted by Crippen LogP contribution is 2.28. The quantitative estimate of drug-likeness (QED) is 0.628. The van der Waals surface area contributed by atoms with Crippen LogP contribution in [-0.4, -0.2) is 18.2 Å². The molecule has 0 atom stereocenters. The van der Waals surface area contributed by atoms with Crippen LogP contribution >= 0.6 is 0 Å². The van der Waals surface area contributed by atoms with Gasteiger partial charge in [0.1, 0.15) is 0 Å². The van der Waals surface area contributed by atoms with E-state index in [9.17, 15) is 9.59 Å². The predicted molar refractivity (Wildman–Crippen MR) is 87.4 cm³/mol. The van der Waals surface area contributed by atoms with Crippen molar-refractivity contribution >= 4 is 17.4 Å². The van der Waals surface area contributed by atoms with Crippen molar-refractivity contribution < 1.29 is 9.59 Å². The molecule has 2 aromatic carbocycles. The molecule has 3 nitrogen and oxygen atoms in total. The predicted octanol–water partition coefficient (Wildman–Crippen LogP) is 3.47. The zero-order chi connectivity index (χ0) is 15.7. The molecule has 0 fully saturated rings. The Labute approximate surface area is 130 Å². The van der Waals surface area contributed by atoms with Crippen molar-refractivity contribution in [1.82, 2.24) is 0 Å². The van der Waals surface area contributed by atoms with E-state index in [-0.39, 0.29) is 0 Å². The molecule has 22 heavy (non-hydrogen) atoms. The molecule has 2 aromatic rings. The van der Waals surface area contributed by atoms with Crippen LogP contribution in [0, 0.1) is 13.8 Å². The monoisotopic (exact) mass is 293 g/mol. The first-order valence-electron chi connectivity index (χ1n) is 7.58. The van der Waals surface area contributed by atoms with Gasteiger partial charge in [0.15, 0.2) is 0 Å². The molecule has 0 saturated heterocycles. The molecule has 1 heterocycles. The summed E-state index contributed by atoms with van der Waals surface area (Å²) in [5.74, 6) is -0.873. The largest absolute Gasteiger partial charge is 0.305 e. The zero-order valence-electron chi connectivity index (χ0n) is 12.9. The summed E-state index contributed by atoms with van der Waals surface area (Å²) in [5, 5.41) is 0. The number of rotatable bonds is 2. The number of ketones is 1. The molecule has 1 amide bonds. The number of Topliss-reactive ketones (excluding diaryl/α,β-unsaturated/α-hetero) is 1. The normalized spacial score (nSPS) is 13.6. The summed E-state index contributed by atoms with van der Waals surface area (Å²) in [4.78, 5) is 26.7. The summed E-state index contributed by atoms with van der Waals surface area (Å²) in [5.41, 5.74) is 4.73. The van der Waals surface area contributed by atoms with Crippen LogP contribution in [0.25, 0.3) is 0 Å². The van der Waals surface area contributed by atoms with Gasteiger partial charge in [-0.15, -0.1) is 0 Å². The van der Waals surface area contributed by atoms with Gasteiger partial charge in [-0.25, -0.2) is 0 Å². The van der Waals surface area contributed by atoms with Crippen LogP contribution in [0.3, 0.4) is 0 Å². The number of carbonyl (C=O) groups is 2. The highest BCUT2D eigenvalue weighted by atomic mass is 16.2. The number of anilines is 1. The Morgan fingerprint density at radius 1 is 0.955 bits per heavy atom. The molecule has 0 aromatic heterocycles. The molecule has 112 valence electrons. The van der Waals surface area contributed by atoms with Gasteiger partial charge in [0, 0.05) is 17.8 Å². The number of hydrogen-bond donors (Lipinski definition) is 0. The van der Waals surface area contributed by atoms with E-state index in [4.69, 9.17) is 0 Å². The number of carbonyl (C=O) groups excluding carboxylic acids is 2. The maximum Gasteiger partial charge on any atom is 0.299 e. The average Bonchev–Trinajstić information content (AvgIpc) is 2.53. The van der Waals surface area contributed by atoms with Gasteiger partial charge in [-0.1, -0.05) is 47.5 Å². The lowest BCUT2D eigenvalue weighted by Crippen LogP contribution is -2.40. The number of nitrogens with zero attached hydrogens (tertiary/aromatic N) is 1. The third-order valence-corrected chi connectivity index (χ3v) is 4.11. The first-order valence-corrected chi connectivity index (χ1v) is 7.58. The van der Waals surface area contributed by atoms with E-state index < -0.39 is 11.7 Å². The van der Waals surface area contributed by atoms with Crippen molar-refractivity contribution in [2.75, 3.05) is 11.4 Å². The minimum absolute atomic E-state index is 0.436. The van der Waals surface area contributed by atoms with E-state index in [1.165, 1.54) is 5.56 Å². The van der Waals surface area contributed by atoms with Crippen LogP contribution in [0.2, 0.25) is 0 Å². The number of fused-ring (bicyclic) bond motifs is 1. The molecule has 0 aliphatic carbocycles. The Morgan fingerprint density at radius 3 is 2.36 bits per heavy atom. The molecule has 3 heteroatoms. The Bertz CT molecular complexity index is 732. The number of hydrogen-bond acceptors (Lipinski definition) is 2. The summed E-state index contributed by atoms with van der Waals surface area (Å²) in [6.45, 7) is 4.60. The molecular weight excluding hydrogens is 274 g/mol. The van der Waals surface area contributed by atoms with Crippen LogP contribution in [0.4, 0.5) is 5.69 Å². The number of aryl methyl sites for hydroxylation is 3. The van der Waals surface area contributed by atoms with Gasteiger partial charge in [-0.05, 0) is 38.3 Å². The van der Waals surface area contributed by atoms with E-state index in [1.54, 1.807) is 17.0 Å². The van der Waals surface area contributed by atoms with E-state index in [0.717, 1.165) is 29.7 Å². The first kappa shape index (κ1) is 14.5. The Balaban J connectivity index is 1.90. The highest BCUT2D eigenvalue weighted by molar-refractivity contribution is 6.47. The van der Waals surface area contributed by atoms with Crippen LogP contribution < -0.4 is 4.90 Å². The lowest BCUT2D eigenvalue weighted by Gasteiger charge is -2.29. The average molecular weight is 293 g/mol. The van der Waals surface area contributed by atoms with E-state index >= 15 is 0 Å². The van der Waals surface area contributed by atoms with Gasteiger partial charge >= 0.3 is 0 Å². The smallest absolute Gasteiger partial charge is 0.299 e. The fourth-order valence-corrected chi connectivity index (χ4v) is 2.89. The van der Waals surface area contributed by atoms with Crippen LogP contribution in [0.5, 0.6) is 0 Å². The molecule has 0 spiro atoms. The lowest BCUT2D eigenvalue weighted by atomic mass is 9.98. The molecular formula is C19H19NO2. The van der Waals surface area contributed by atoms with Gasteiger partial charge in [0.05, 0.1) is 0 Å². The zero-order valence-corrected chi connectivity index (χ0v) is 12.9. The summed E-state index contributed by atoms with van der Waals surface area (Å²) in [6, 6.07) is 13.2. The minimum atomic E-state index is -0.437. The molecule has 1 aliphatic rings. The molecule has 0 radical (unpaired) electrons. The van der Waals surface area contributed by atoms with E-state index in [2.05, 4.69) is 6.07 Å². The first-order chi connectivity index (χ1) is 10.6. The van der Waals surface area contributed by atoms with E-state index in [0.29, 0.717) is 12.1 Å².